The van der Waals surface area contributed by atoms with Gasteiger partial charge in [-0.15, -0.1) is 0 Å². The number of anilines is 1. The maximum atomic E-state index is 13.6. The second-order valence-electron chi connectivity index (χ2n) is 5.99. The summed E-state index contributed by atoms with van der Waals surface area (Å²) >= 11 is 5.85. The quantitative estimate of drug-likeness (QED) is 0.502. The summed E-state index contributed by atoms with van der Waals surface area (Å²) in [7, 11) is -4.47. The van der Waals surface area contributed by atoms with Crippen molar-refractivity contribution in [2.45, 2.75) is 17.6 Å². The van der Waals surface area contributed by atoms with Gasteiger partial charge < -0.3 is 0 Å². The standard InChI is InChI=1S/C19H13ClF4N2O2S/c20-14-3-5-15(6-4-14)26(12-13-2-1-9-25-11-13)29(27,28)16-7-8-18(21)17(10-16)19(22,23)24/h1-11H,12H2. The highest BCUT2D eigenvalue weighted by atomic mass is 35.5. The van der Waals surface area contributed by atoms with Gasteiger partial charge in [-0.1, -0.05) is 17.7 Å². The molecule has 0 bridgehead atoms. The van der Waals surface area contributed by atoms with Crippen LogP contribution in [0.15, 0.2) is 71.9 Å². The van der Waals surface area contributed by atoms with E-state index >= 15 is 0 Å². The molecule has 0 spiro atoms. The van der Waals surface area contributed by atoms with Crippen LogP contribution in [0.4, 0.5) is 23.2 Å². The van der Waals surface area contributed by atoms with Crippen LogP contribution in [0.3, 0.4) is 0 Å². The van der Waals surface area contributed by atoms with Crippen LogP contribution in [0.5, 0.6) is 0 Å². The molecule has 0 radical (unpaired) electrons. The SMILES string of the molecule is O=S(=O)(c1ccc(F)c(C(F)(F)F)c1)N(Cc1cccnc1)c1ccc(Cl)cc1. The average molecular weight is 445 g/mol. The summed E-state index contributed by atoms with van der Waals surface area (Å²) in [6, 6.07) is 10.5. The van der Waals surface area contributed by atoms with Crippen LogP contribution in [0, 0.1) is 5.82 Å². The topological polar surface area (TPSA) is 50.3 Å². The normalized spacial score (nSPS) is 12.0. The molecule has 0 saturated carbocycles. The van der Waals surface area contributed by atoms with Gasteiger partial charge in [-0.2, -0.15) is 13.2 Å². The molecule has 2 aromatic carbocycles. The Balaban J connectivity index is 2.12. The lowest BCUT2D eigenvalue weighted by Crippen LogP contribution is -2.31. The van der Waals surface area contributed by atoms with Crippen LogP contribution in [-0.4, -0.2) is 13.4 Å². The number of pyridine rings is 1. The monoisotopic (exact) mass is 444 g/mol. The van der Waals surface area contributed by atoms with E-state index in [4.69, 9.17) is 11.6 Å². The molecule has 4 nitrogen and oxygen atoms in total. The minimum absolute atomic E-state index is 0.177. The van der Waals surface area contributed by atoms with E-state index in [0.717, 1.165) is 10.4 Å². The fraction of sp³-hybridized carbons (Fsp3) is 0.105. The van der Waals surface area contributed by atoms with Gasteiger partial charge in [0.15, 0.2) is 0 Å². The van der Waals surface area contributed by atoms with Gasteiger partial charge in [-0.25, -0.2) is 12.8 Å². The molecule has 0 atom stereocenters. The number of rotatable bonds is 5. The lowest BCUT2D eigenvalue weighted by atomic mass is 10.2. The fourth-order valence-electron chi connectivity index (χ4n) is 2.59. The third-order valence-electron chi connectivity index (χ3n) is 3.99. The van der Waals surface area contributed by atoms with Crippen molar-refractivity contribution in [2.24, 2.45) is 0 Å². The summed E-state index contributed by atoms with van der Waals surface area (Å²) in [5.41, 5.74) is -0.976. The number of hydrogen-bond acceptors (Lipinski definition) is 3. The van der Waals surface area contributed by atoms with E-state index < -0.39 is 32.5 Å². The van der Waals surface area contributed by atoms with E-state index in [9.17, 15) is 26.0 Å². The van der Waals surface area contributed by atoms with Gasteiger partial charge in [0.05, 0.1) is 22.7 Å². The zero-order valence-electron chi connectivity index (χ0n) is 14.6. The van der Waals surface area contributed by atoms with E-state index in [0.29, 0.717) is 16.7 Å². The Labute approximate surface area is 169 Å². The summed E-state index contributed by atoms with van der Waals surface area (Å²) < 4.78 is 80.1. The minimum Gasteiger partial charge on any atom is -0.264 e. The van der Waals surface area contributed by atoms with Crippen LogP contribution < -0.4 is 4.31 Å². The summed E-state index contributed by atoms with van der Waals surface area (Å²) in [5.74, 6) is -1.55. The Kier molecular flexibility index (Phi) is 5.81. The van der Waals surface area contributed by atoms with Crippen molar-refractivity contribution in [3.8, 4) is 0 Å². The van der Waals surface area contributed by atoms with Crippen LogP contribution in [0.2, 0.25) is 5.02 Å². The number of hydrogen-bond donors (Lipinski definition) is 0. The van der Waals surface area contributed by atoms with E-state index in [1.807, 2.05) is 0 Å². The number of aromatic nitrogens is 1. The Bertz CT molecular complexity index is 1110. The molecule has 1 aromatic heterocycles. The maximum Gasteiger partial charge on any atom is 0.419 e. The second kappa shape index (κ2) is 8.00. The van der Waals surface area contributed by atoms with Crippen molar-refractivity contribution in [3.05, 3.63) is 89.0 Å². The highest BCUT2D eigenvalue weighted by molar-refractivity contribution is 7.92. The molecule has 0 aliphatic carbocycles. The van der Waals surface area contributed by atoms with Crippen molar-refractivity contribution < 1.29 is 26.0 Å². The molecular formula is C19H13ClF4N2O2S. The minimum atomic E-state index is -5.04. The van der Waals surface area contributed by atoms with Gasteiger partial charge in [-0.05, 0) is 54.1 Å². The van der Waals surface area contributed by atoms with Crippen molar-refractivity contribution in [3.63, 3.8) is 0 Å². The third-order valence-corrected chi connectivity index (χ3v) is 6.02. The van der Waals surface area contributed by atoms with Crippen LogP contribution >= 0.6 is 11.6 Å². The van der Waals surface area contributed by atoms with Crippen LogP contribution in [-0.2, 0) is 22.7 Å². The molecule has 152 valence electrons. The van der Waals surface area contributed by atoms with Crippen molar-refractivity contribution in [1.29, 1.82) is 0 Å². The van der Waals surface area contributed by atoms with E-state index in [1.54, 1.807) is 12.1 Å². The number of sulfonamides is 1. The molecule has 0 unspecified atom stereocenters. The molecule has 10 heteroatoms. The highest BCUT2D eigenvalue weighted by Gasteiger charge is 2.36. The average Bonchev–Trinajstić information content (AvgIpc) is 2.67. The van der Waals surface area contributed by atoms with Gasteiger partial charge in [0.1, 0.15) is 5.82 Å². The number of alkyl halides is 3. The molecule has 0 N–H and O–H groups in total. The van der Waals surface area contributed by atoms with E-state index in [-0.39, 0.29) is 18.3 Å². The molecule has 0 aliphatic heterocycles. The molecule has 3 rings (SSSR count). The van der Waals surface area contributed by atoms with Crippen molar-refractivity contribution in [2.75, 3.05) is 4.31 Å². The zero-order valence-corrected chi connectivity index (χ0v) is 16.1. The largest absolute Gasteiger partial charge is 0.419 e. The van der Waals surface area contributed by atoms with Crippen molar-refractivity contribution >= 4 is 27.3 Å². The number of benzene rings is 2. The summed E-state index contributed by atoms with van der Waals surface area (Å²) in [5, 5.41) is 0.355. The first kappa shape index (κ1) is 21.1. The fourth-order valence-corrected chi connectivity index (χ4v) is 4.19. The Morgan fingerprint density at radius 3 is 2.31 bits per heavy atom. The molecule has 0 saturated heterocycles. The van der Waals surface area contributed by atoms with Gasteiger partial charge in [0, 0.05) is 17.4 Å². The molecule has 0 fully saturated rings. The first-order chi connectivity index (χ1) is 13.6. The number of nitrogens with zero attached hydrogens (tertiary/aromatic N) is 2. The van der Waals surface area contributed by atoms with Gasteiger partial charge in [0.2, 0.25) is 0 Å². The summed E-state index contributed by atoms with van der Waals surface area (Å²) in [4.78, 5) is 3.23. The third kappa shape index (κ3) is 4.68. The summed E-state index contributed by atoms with van der Waals surface area (Å²) in [6.07, 6.45) is -2.10. The van der Waals surface area contributed by atoms with Gasteiger partial charge >= 0.3 is 6.18 Å². The first-order valence-corrected chi connectivity index (χ1v) is 9.95. The van der Waals surface area contributed by atoms with E-state index in [2.05, 4.69) is 4.98 Å². The van der Waals surface area contributed by atoms with Crippen LogP contribution in [0.1, 0.15) is 11.1 Å². The molecule has 29 heavy (non-hydrogen) atoms. The Morgan fingerprint density at radius 1 is 1.03 bits per heavy atom. The smallest absolute Gasteiger partial charge is 0.264 e. The predicted octanol–water partition coefficient (Wildman–Crippen LogP) is 5.29. The van der Waals surface area contributed by atoms with Gasteiger partial charge in [0.25, 0.3) is 10.0 Å². The Morgan fingerprint density at radius 2 is 1.72 bits per heavy atom. The second-order valence-corrected chi connectivity index (χ2v) is 8.29. The highest BCUT2D eigenvalue weighted by Crippen LogP contribution is 2.34. The lowest BCUT2D eigenvalue weighted by molar-refractivity contribution is -0.140. The number of halogens is 5. The Hall–Kier alpha value is -2.65. The molecule has 3 aromatic rings. The maximum absolute atomic E-state index is 13.6. The lowest BCUT2D eigenvalue weighted by Gasteiger charge is -2.25. The van der Waals surface area contributed by atoms with Gasteiger partial charge in [-0.3, -0.25) is 9.29 Å². The van der Waals surface area contributed by atoms with E-state index in [1.165, 1.54) is 36.7 Å². The van der Waals surface area contributed by atoms with Crippen LogP contribution in [0.25, 0.3) is 0 Å². The molecule has 1 heterocycles. The zero-order chi connectivity index (χ0) is 21.2. The molecule has 0 aliphatic rings. The van der Waals surface area contributed by atoms with Crippen molar-refractivity contribution in [1.82, 2.24) is 4.98 Å². The predicted molar refractivity (Wildman–Crippen MR) is 100 cm³/mol. The summed E-state index contributed by atoms with van der Waals surface area (Å²) in [6.45, 7) is -0.198. The first-order valence-electron chi connectivity index (χ1n) is 8.13. The molecular weight excluding hydrogens is 432 g/mol. The molecule has 0 amide bonds.